The lowest BCUT2D eigenvalue weighted by Gasteiger charge is -2.34. The standard InChI is InChI=1S/C32H39F2N5O5S/c1-20(2)39-14-15-43-30-25(33)17-22(18-27(30)39)29-26(34)19-35-28(36-29)16-21-6-8-24(9-7-21)45(41,42)37-23-10-12-38(13-11-23)31(40)44-32(3,4)5/h6-9,17-20,23,37H,10-16H2,1-5H3. The third kappa shape index (κ3) is 7.70. The van der Waals surface area contributed by atoms with E-state index in [4.69, 9.17) is 9.47 Å². The van der Waals surface area contributed by atoms with Gasteiger partial charge >= 0.3 is 6.09 Å². The summed E-state index contributed by atoms with van der Waals surface area (Å²) in [5.74, 6) is -0.835. The second-order valence-electron chi connectivity index (χ2n) is 12.6. The fourth-order valence-corrected chi connectivity index (χ4v) is 6.73. The second-order valence-corrected chi connectivity index (χ2v) is 14.3. The van der Waals surface area contributed by atoms with Crippen LogP contribution in [0.5, 0.6) is 5.75 Å². The van der Waals surface area contributed by atoms with Gasteiger partial charge in [-0.1, -0.05) is 12.1 Å². The Morgan fingerprint density at radius 2 is 1.78 bits per heavy atom. The van der Waals surface area contributed by atoms with Gasteiger partial charge in [-0.15, -0.1) is 0 Å². The van der Waals surface area contributed by atoms with Gasteiger partial charge in [-0.2, -0.15) is 0 Å². The summed E-state index contributed by atoms with van der Waals surface area (Å²) in [5, 5.41) is 0. The minimum Gasteiger partial charge on any atom is -0.486 e. The van der Waals surface area contributed by atoms with E-state index in [-0.39, 0.29) is 40.4 Å². The molecule has 0 bridgehead atoms. The molecule has 3 heterocycles. The number of benzene rings is 2. The maximum atomic E-state index is 15.0. The number of aromatic nitrogens is 2. The van der Waals surface area contributed by atoms with E-state index in [0.29, 0.717) is 56.2 Å². The molecule has 13 heteroatoms. The zero-order valence-corrected chi connectivity index (χ0v) is 27.0. The largest absolute Gasteiger partial charge is 0.486 e. The molecule has 1 saturated heterocycles. The third-order valence-electron chi connectivity index (χ3n) is 7.67. The molecule has 0 spiro atoms. The van der Waals surface area contributed by atoms with Crippen LogP contribution in [0.15, 0.2) is 47.5 Å². The molecule has 5 rings (SSSR count). The normalized spacial score (nSPS) is 16.0. The lowest BCUT2D eigenvalue weighted by Crippen LogP contribution is -2.47. The van der Waals surface area contributed by atoms with E-state index < -0.39 is 33.4 Å². The van der Waals surface area contributed by atoms with Crippen LogP contribution in [-0.2, 0) is 21.2 Å². The molecule has 2 aromatic carbocycles. The van der Waals surface area contributed by atoms with Crippen molar-refractivity contribution >= 4 is 21.8 Å². The molecule has 2 aliphatic rings. The van der Waals surface area contributed by atoms with Gasteiger partial charge in [0.25, 0.3) is 0 Å². The number of hydrogen-bond acceptors (Lipinski definition) is 8. The van der Waals surface area contributed by atoms with Crippen LogP contribution < -0.4 is 14.4 Å². The molecule has 0 atom stereocenters. The van der Waals surface area contributed by atoms with Crippen molar-refractivity contribution in [1.29, 1.82) is 0 Å². The van der Waals surface area contributed by atoms with Crippen LogP contribution in [0.4, 0.5) is 19.3 Å². The maximum Gasteiger partial charge on any atom is 0.410 e. The van der Waals surface area contributed by atoms with Crippen LogP contribution in [0.1, 0.15) is 58.8 Å². The van der Waals surface area contributed by atoms with Crippen molar-refractivity contribution in [3.8, 4) is 17.0 Å². The fourth-order valence-electron chi connectivity index (χ4n) is 5.43. The second kappa shape index (κ2) is 12.9. The van der Waals surface area contributed by atoms with E-state index in [1.807, 2.05) is 18.7 Å². The Balaban J connectivity index is 1.25. The minimum absolute atomic E-state index is 0.0305. The van der Waals surface area contributed by atoms with E-state index in [9.17, 15) is 17.6 Å². The summed E-state index contributed by atoms with van der Waals surface area (Å²) < 4.78 is 69.8. The van der Waals surface area contributed by atoms with Crippen LogP contribution in [0.25, 0.3) is 11.3 Å². The van der Waals surface area contributed by atoms with Gasteiger partial charge in [-0.05, 0) is 77.3 Å². The molecule has 0 unspecified atom stereocenters. The summed E-state index contributed by atoms with van der Waals surface area (Å²) in [4.78, 5) is 24.5. The van der Waals surface area contributed by atoms with Crippen LogP contribution in [-0.4, -0.2) is 73.3 Å². The molecule has 45 heavy (non-hydrogen) atoms. The summed E-state index contributed by atoms with van der Waals surface area (Å²) in [6.45, 7) is 11.1. The van der Waals surface area contributed by atoms with Crippen molar-refractivity contribution in [2.75, 3.05) is 31.1 Å². The molecule has 0 aliphatic carbocycles. The molecule has 2 aliphatic heterocycles. The average Bonchev–Trinajstić information content (AvgIpc) is 2.97. The molecular weight excluding hydrogens is 604 g/mol. The summed E-state index contributed by atoms with van der Waals surface area (Å²) >= 11 is 0. The zero-order chi connectivity index (χ0) is 32.5. The number of ether oxygens (including phenoxy) is 2. The molecule has 1 fully saturated rings. The van der Waals surface area contributed by atoms with Crippen LogP contribution in [0, 0.1) is 11.6 Å². The van der Waals surface area contributed by atoms with Gasteiger partial charge in [0.2, 0.25) is 10.0 Å². The zero-order valence-electron chi connectivity index (χ0n) is 26.1. The highest BCUT2D eigenvalue weighted by Gasteiger charge is 2.30. The van der Waals surface area contributed by atoms with Gasteiger partial charge in [0.15, 0.2) is 17.4 Å². The van der Waals surface area contributed by atoms with E-state index in [2.05, 4.69) is 14.7 Å². The average molecular weight is 644 g/mol. The Morgan fingerprint density at radius 1 is 1.09 bits per heavy atom. The molecule has 1 aromatic heterocycles. The van der Waals surface area contributed by atoms with E-state index in [0.717, 1.165) is 6.20 Å². The summed E-state index contributed by atoms with van der Waals surface area (Å²) in [6, 6.07) is 8.98. The van der Waals surface area contributed by atoms with Gasteiger partial charge in [-0.3, -0.25) is 0 Å². The van der Waals surface area contributed by atoms with Crippen molar-refractivity contribution < 1.29 is 31.5 Å². The smallest absolute Gasteiger partial charge is 0.410 e. The molecule has 1 N–H and O–H groups in total. The summed E-state index contributed by atoms with van der Waals surface area (Å²) in [7, 11) is -3.80. The van der Waals surface area contributed by atoms with Crippen LogP contribution >= 0.6 is 0 Å². The minimum atomic E-state index is -3.80. The monoisotopic (exact) mass is 643 g/mol. The number of piperidine rings is 1. The first kappa shape index (κ1) is 32.6. The highest BCUT2D eigenvalue weighted by Crippen LogP contribution is 2.39. The predicted octanol–water partition coefficient (Wildman–Crippen LogP) is 5.30. The first-order valence-electron chi connectivity index (χ1n) is 15.0. The Bertz CT molecular complexity index is 1650. The van der Waals surface area contributed by atoms with E-state index in [1.165, 1.54) is 18.2 Å². The quantitative estimate of drug-likeness (QED) is 0.369. The van der Waals surface area contributed by atoms with Gasteiger partial charge in [0.05, 0.1) is 23.3 Å². The van der Waals surface area contributed by atoms with Gasteiger partial charge in [0, 0.05) is 37.2 Å². The highest BCUT2D eigenvalue weighted by atomic mass is 32.2. The van der Waals surface area contributed by atoms with Crippen molar-refractivity contribution in [2.45, 2.75) is 76.5 Å². The summed E-state index contributed by atoms with van der Waals surface area (Å²) in [5.41, 5.74) is 0.905. The Labute approximate surface area is 262 Å². The number of rotatable bonds is 7. The molecular formula is C32H39F2N5O5S. The molecule has 0 saturated carbocycles. The van der Waals surface area contributed by atoms with Crippen molar-refractivity contribution in [1.82, 2.24) is 19.6 Å². The number of amides is 1. The number of sulfonamides is 1. The Hall–Kier alpha value is -3.84. The number of fused-ring (bicyclic) bond motifs is 1. The maximum absolute atomic E-state index is 15.0. The number of halogens is 2. The first-order chi connectivity index (χ1) is 21.2. The Morgan fingerprint density at radius 3 is 2.42 bits per heavy atom. The number of carbonyl (C=O) groups excluding carboxylic acids is 1. The Kier molecular flexibility index (Phi) is 9.31. The molecule has 10 nitrogen and oxygen atoms in total. The summed E-state index contributed by atoms with van der Waals surface area (Å²) in [6.07, 6.45) is 1.80. The van der Waals surface area contributed by atoms with Gasteiger partial charge in [0.1, 0.15) is 23.7 Å². The molecule has 1 amide bonds. The lowest BCUT2D eigenvalue weighted by atomic mass is 10.1. The lowest BCUT2D eigenvalue weighted by molar-refractivity contribution is 0.0203. The van der Waals surface area contributed by atoms with Crippen LogP contribution in [0.2, 0.25) is 0 Å². The SMILES string of the molecule is CC(C)N1CCOc2c(F)cc(-c3nc(Cc4ccc(S(=O)(=O)NC5CCN(C(=O)OC(C)(C)C)CC5)cc4)ncc3F)cc21. The highest BCUT2D eigenvalue weighted by molar-refractivity contribution is 7.89. The first-order valence-corrected chi connectivity index (χ1v) is 16.5. The van der Waals surface area contributed by atoms with Gasteiger partial charge in [-0.25, -0.2) is 36.7 Å². The van der Waals surface area contributed by atoms with Gasteiger partial charge < -0.3 is 19.3 Å². The predicted molar refractivity (Wildman–Crippen MR) is 166 cm³/mol. The van der Waals surface area contributed by atoms with Crippen molar-refractivity contribution in [3.05, 3.63) is 65.6 Å². The molecule has 0 radical (unpaired) electrons. The topological polar surface area (TPSA) is 114 Å². The van der Waals surface area contributed by atoms with E-state index >= 15 is 4.39 Å². The van der Waals surface area contributed by atoms with Crippen molar-refractivity contribution in [3.63, 3.8) is 0 Å². The molecule has 3 aromatic rings. The number of nitrogens with one attached hydrogen (secondary N) is 1. The molecule has 242 valence electrons. The number of carbonyl (C=O) groups is 1. The fraction of sp³-hybridized carbons (Fsp3) is 0.469. The van der Waals surface area contributed by atoms with E-state index in [1.54, 1.807) is 43.9 Å². The van der Waals surface area contributed by atoms with Crippen molar-refractivity contribution in [2.24, 2.45) is 0 Å². The van der Waals surface area contributed by atoms with Crippen LogP contribution in [0.3, 0.4) is 0 Å². The number of hydrogen-bond donors (Lipinski definition) is 1. The third-order valence-corrected chi connectivity index (χ3v) is 9.20. The number of likely N-dealkylation sites (tertiary alicyclic amines) is 1. The number of anilines is 1. The number of nitrogens with zero attached hydrogens (tertiary/aromatic N) is 4.